The molecule has 0 atom stereocenters. The van der Waals surface area contributed by atoms with Crippen molar-refractivity contribution in [3.8, 4) is 5.69 Å². The zero-order chi connectivity index (χ0) is 14.0. The van der Waals surface area contributed by atoms with Crippen LogP contribution in [0.3, 0.4) is 0 Å². The van der Waals surface area contributed by atoms with E-state index in [-0.39, 0.29) is 5.54 Å². The van der Waals surface area contributed by atoms with E-state index in [0.717, 1.165) is 23.6 Å². The van der Waals surface area contributed by atoms with Crippen molar-refractivity contribution in [1.29, 1.82) is 0 Å². The molecule has 1 N–H and O–H groups in total. The smallest absolute Gasteiger partial charge is 0.170 e. The van der Waals surface area contributed by atoms with Gasteiger partial charge in [-0.15, -0.1) is 5.10 Å². The SMILES string of the molecule is CCc1nn(C)cc1-n1nnnc1CNC(C)(C)C. The van der Waals surface area contributed by atoms with Crippen molar-refractivity contribution < 1.29 is 0 Å². The first-order valence-corrected chi connectivity index (χ1v) is 6.46. The van der Waals surface area contributed by atoms with Gasteiger partial charge < -0.3 is 5.32 Å². The molecule has 2 heterocycles. The zero-order valence-corrected chi connectivity index (χ0v) is 12.2. The van der Waals surface area contributed by atoms with Gasteiger partial charge in [0.05, 0.1) is 18.4 Å². The molecule has 0 aromatic carbocycles. The Kier molecular flexibility index (Phi) is 3.66. The Hall–Kier alpha value is -1.76. The van der Waals surface area contributed by atoms with Crippen molar-refractivity contribution in [2.75, 3.05) is 0 Å². The van der Waals surface area contributed by atoms with Crippen molar-refractivity contribution in [2.45, 2.75) is 46.2 Å². The molecule has 0 aliphatic heterocycles. The summed E-state index contributed by atoms with van der Waals surface area (Å²) < 4.78 is 3.54. The highest BCUT2D eigenvalue weighted by molar-refractivity contribution is 5.34. The maximum Gasteiger partial charge on any atom is 0.170 e. The van der Waals surface area contributed by atoms with Crippen molar-refractivity contribution in [3.63, 3.8) is 0 Å². The molecule has 0 unspecified atom stereocenters. The second-order valence-corrected chi connectivity index (χ2v) is 5.60. The molecule has 0 bridgehead atoms. The minimum Gasteiger partial charge on any atom is -0.305 e. The van der Waals surface area contributed by atoms with Gasteiger partial charge >= 0.3 is 0 Å². The second kappa shape index (κ2) is 5.08. The monoisotopic (exact) mass is 263 g/mol. The summed E-state index contributed by atoms with van der Waals surface area (Å²) in [6.07, 6.45) is 2.79. The summed E-state index contributed by atoms with van der Waals surface area (Å²) in [7, 11) is 1.90. The van der Waals surface area contributed by atoms with Gasteiger partial charge in [0.15, 0.2) is 5.82 Å². The maximum absolute atomic E-state index is 4.41. The number of nitrogens with zero attached hydrogens (tertiary/aromatic N) is 6. The van der Waals surface area contributed by atoms with Crippen LogP contribution in [0.5, 0.6) is 0 Å². The van der Waals surface area contributed by atoms with Gasteiger partial charge in [-0.2, -0.15) is 9.78 Å². The van der Waals surface area contributed by atoms with Gasteiger partial charge in [0, 0.05) is 12.6 Å². The molecule has 2 aromatic rings. The number of rotatable bonds is 4. The molecule has 0 aliphatic carbocycles. The zero-order valence-electron chi connectivity index (χ0n) is 12.2. The van der Waals surface area contributed by atoms with Crippen molar-refractivity contribution in [2.24, 2.45) is 7.05 Å². The molecule has 0 spiro atoms. The molecule has 7 heteroatoms. The molecule has 2 rings (SSSR count). The molecule has 7 nitrogen and oxygen atoms in total. The fraction of sp³-hybridized carbons (Fsp3) is 0.667. The highest BCUT2D eigenvalue weighted by atomic mass is 15.6. The van der Waals surface area contributed by atoms with Crippen LogP contribution in [0.4, 0.5) is 0 Å². The van der Waals surface area contributed by atoms with E-state index in [2.05, 4.69) is 53.6 Å². The third kappa shape index (κ3) is 3.17. The number of aromatic nitrogens is 6. The Bertz CT molecular complexity index is 547. The number of nitrogens with one attached hydrogen (secondary N) is 1. The van der Waals surface area contributed by atoms with Gasteiger partial charge in [-0.3, -0.25) is 4.68 Å². The fourth-order valence-corrected chi connectivity index (χ4v) is 1.80. The summed E-state index contributed by atoms with van der Waals surface area (Å²) in [4.78, 5) is 0. The average Bonchev–Trinajstić information content (AvgIpc) is 2.90. The average molecular weight is 263 g/mol. The van der Waals surface area contributed by atoms with Gasteiger partial charge in [0.25, 0.3) is 0 Å². The second-order valence-electron chi connectivity index (χ2n) is 5.60. The fourth-order valence-electron chi connectivity index (χ4n) is 1.80. The molecule has 104 valence electrons. The van der Waals surface area contributed by atoms with E-state index in [1.165, 1.54) is 0 Å². The molecule has 0 saturated carbocycles. The van der Waals surface area contributed by atoms with E-state index >= 15 is 0 Å². The third-order valence-electron chi connectivity index (χ3n) is 2.76. The maximum atomic E-state index is 4.41. The van der Waals surface area contributed by atoms with E-state index < -0.39 is 0 Å². The number of hydrogen-bond acceptors (Lipinski definition) is 5. The summed E-state index contributed by atoms with van der Waals surface area (Å²) in [6.45, 7) is 9.03. The van der Waals surface area contributed by atoms with Crippen LogP contribution in [-0.2, 0) is 20.0 Å². The summed E-state index contributed by atoms with van der Waals surface area (Å²) >= 11 is 0. The molecular formula is C12H21N7. The van der Waals surface area contributed by atoms with Crippen LogP contribution in [0.1, 0.15) is 39.2 Å². The summed E-state index contributed by atoms with van der Waals surface area (Å²) in [5.74, 6) is 0.789. The first kappa shape index (κ1) is 13.7. The van der Waals surface area contributed by atoms with E-state index in [4.69, 9.17) is 0 Å². The Labute approximate surface area is 113 Å². The molecule has 0 aliphatic rings. The number of aryl methyl sites for hydroxylation is 2. The van der Waals surface area contributed by atoms with E-state index in [9.17, 15) is 0 Å². The van der Waals surface area contributed by atoms with Gasteiger partial charge in [0.2, 0.25) is 0 Å². The minimum absolute atomic E-state index is 0.0271. The van der Waals surface area contributed by atoms with Crippen LogP contribution in [0.15, 0.2) is 6.20 Å². The lowest BCUT2D eigenvalue weighted by Crippen LogP contribution is -2.36. The van der Waals surface area contributed by atoms with Crippen LogP contribution in [-0.4, -0.2) is 35.5 Å². The molecule has 0 radical (unpaired) electrons. The van der Waals surface area contributed by atoms with Crippen molar-refractivity contribution >= 4 is 0 Å². The Morgan fingerprint density at radius 3 is 2.68 bits per heavy atom. The Morgan fingerprint density at radius 1 is 1.32 bits per heavy atom. The predicted octanol–water partition coefficient (Wildman–Crippen LogP) is 0.846. The van der Waals surface area contributed by atoms with E-state index in [0.29, 0.717) is 6.54 Å². The quantitative estimate of drug-likeness (QED) is 0.885. The topological polar surface area (TPSA) is 73.5 Å². The summed E-state index contributed by atoms with van der Waals surface area (Å²) in [6, 6.07) is 0. The highest BCUT2D eigenvalue weighted by Gasteiger charge is 2.16. The van der Waals surface area contributed by atoms with E-state index in [1.54, 1.807) is 9.36 Å². The molecule has 0 saturated heterocycles. The largest absolute Gasteiger partial charge is 0.305 e. The molecule has 19 heavy (non-hydrogen) atoms. The van der Waals surface area contributed by atoms with Gasteiger partial charge in [-0.05, 0) is 37.6 Å². The first-order chi connectivity index (χ1) is 8.90. The van der Waals surface area contributed by atoms with Crippen LogP contribution in [0.25, 0.3) is 5.69 Å². The van der Waals surface area contributed by atoms with Gasteiger partial charge in [-0.1, -0.05) is 6.92 Å². The van der Waals surface area contributed by atoms with Crippen LogP contribution < -0.4 is 5.32 Å². The summed E-state index contributed by atoms with van der Waals surface area (Å²) in [5, 5.41) is 19.7. The third-order valence-corrected chi connectivity index (χ3v) is 2.76. The lowest BCUT2D eigenvalue weighted by molar-refractivity contribution is 0.415. The summed E-state index contributed by atoms with van der Waals surface area (Å²) in [5.41, 5.74) is 1.96. The van der Waals surface area contributed by atoms with Gasteiger partial charge in [0.1, 0.15) is 5.69 Å². The lowest BCUT2D eigenvalue weighted by atomic mass is 10.1. The standard InChI is InChI=1S/C12H21N7/c1-6-9-10(8-18(5)15-9)19-11(14-16-17-19)7-13-12(2,3)4/h8,13H,6-7H2,1-5H3. The van der Waals surface area contributed by atoms with E-state index in [1.807, 2.05) is 13.2 Å². The Balaban J connectivity index is 2.28. The number of tetrazole rings is 1. The molecule has 2 aromatic heterocycles. The molecule has 0 fully saturated rings. The number of hydrogen-bond donors (Lipinski definition) is 1. The van der Waals surface area contributed by atoms with Crippen molar-refractivity contribution in [3.05, 3.63) is 17.7 Å². The normalized spacial score (nSPS) is 12.1. The molecule has 0 amide bonds. The minimum atomic E-state index is 0.0271. The van der Waals surface area contributed by atoms with Crippen molar-refractivity contribution in [1.82, 2.24) is 35.3 Å². The lowest BCUT2D eigenvalue weighted by Gasteiger charge is -2.19. The Morgan fingerprint density at radius 2 is 2.05 bits per heavy atom. The molecular weight excluding hydrogens is 242 g/mol. The van der Waals surface area contributed by atoms with Crippen LogP contribution >= 0.6 is 0 Å². The first-order valence-electron chi connectivity index (χ1n) is 6.46. The van der Waals surface area contributed by atoms with Crippen LogP contribution in [0, 0.1) is 0 Å². The predicted molar refractivity (Wildman–Crippen MR) is 71.9 cm³/mol. The highest BCUT2D eigenvalue weighted by Crippen LogP contribution is 2.14. The van der Waals surface area contributed by atoms with Gasteiger partial charge in [-0.25, -0.2) is 0 Å². The van der Waals surface area contributed by atoms with Crippen LogP contribution in [0.2, 0.25) is 0 Å².